The van der Waals surface area contributed by atoms with Crippen LogP contribution in [0.25, 0.3) is 11.0 Å². The normalized spacial score (nSPS) is 10.8. The molecule has 106 valence electrons. The summed E-state index contributed by atoms with van der Waals surface area (Å²) in [6, 6.07) is 4.89. The second-order valence-corrected chi connectivity index (χ2v) is 5.53. The van der Waals surface area contributed by atoms with Gasteiger partial charge in [0.1, 0.15) is 0 Å². The molecule has 0 aliphatic rings. The van der Waals surface area contributed by atoms with Crippen LogP contribution in [0.1, 0.15) is 10.4 Å². The van der Waals surface area contributed by atoms with Crippen LogP contribution in [0.3, 0.4) is 0 Å². The summed E-state index contributed by atoms with van der Waals surface area (Å²) in [6.07, 6.45) is 2.90. The maximum absolute atomic E-state index is 12.2. The van der Waals surface area contributed by atoms with Gasteiger partial charge in [-0.3, -0.25) is 9.78 Å². The first kappa shape index (κ1) is 13.8. The number of hydrogen-bond donors (Lipinski definition) is 3. The molecule has 2 aromatic heterocycles. The van der Waals surface area contributed by atoms with Gasteiger partial charge >= 0.3 is 5.69 Å². The van der Waals surface area contributed by atoms with E-state index in [2.05, 4.69) is 36.2 Å². The number of carbonyl (C=O) groups excluding carboxylic acids is 1. The summed E-state index contributed by atoms with van der Waals surface area (Å²) in [6.45, 7) is 0. The summed E-state index contributed by atoms with van der Waals surface area (Å²) in [5.41, 5.74) is 1.71. The third-order valence-electron chi connectivity index (χ3n) is 2.86. The summed E-state index contributed by atoms with van der Waals surface area (Å²) in [4.78, 5) is 32.6. The van der Waals surface area contributed by atoms with E-state index < -0.39 is 0 Å². The number of halogens is 2. The van der Waals surface area contributed by atoms with Gasteiger partial charge in [-0.1, -0.05) is 11.6 Å². The quantitative estimate of drug-likeness (QED) is 0.650. The number of anilines is 1. The minimum Gasteiger partial charge on any atom is -0.321 e. The molecule has 3 rings (SSSR count). The number of imidazole rings is 1. The lowest BCUT2D eigenvalue weighted by molar-refractivity contribution is 0.102. The molecule has 0 aliphatic carbocycles. The molecule has 0 spiro atoms. The molecule has 1 aromatic carbocycles. The zero-order valence-corrected chi connectivity index (χ0v) is 12.7. The van der Waals surface area contributed by atoms with Gasteiger partial charge in [0.05, 0.1) is 27.3 Å². The van der Waals surface area contributed by atoms with Gasteiger partial charge in [-0.05, 0) is 34.1 Å². The van der Waals surface area contributed by atoms with Crippen LogP contribution in [0.4, 0.5) is 5.69 Å². The molecule has 0 unspecified atom stereocenters. The molecule has 0 saturated heterocycles. The molecule has 6 nitrogen and oxygen atoms in total. The molecule has 21 heavy (non-hydrogen) atoms. The van der Waals surface area contributed by atoms with E-state index in [0.717, 1.165) is 0 Å². The minimum atomic E-state index is -0.383. The lowest BCUT2D eigenvalue weighted by Crippen LogP contribution is -2.13. The van der Waals surface area contributed by atoms with Gasteiger partial charge in [-0.15, -0.1) is 0 Å². The van der Waals surface area contributed by atoms with Gasteiger partial charge in [-0.25, -0.2) is 4.79 Å². The Balaban J connectivity index is 1.98. The zero-order valence-electron chi connectivity index (χ0n) is 10.4. The summed E-state index contributed by atoms with van der Waals surface area (Å²) < 4.78 is 0.638. The molecular formula is C13H8BrClN4O2. The number of nitrogens with zero attached hydrogens (tertiary/aromatic N) is 1. The fraction of sp³-hybridized carbons (Fsp3) is 0. The Morgan fingerprint density at radius 2 is 2.00 bits per heavy atom. The predicted octanol–water partition coefficient (Wildman–Crippen LogP) is 2.92. The van der Waals surface area contributed by atoms with E-state index in [1.165, 1.54) is 12.4 Å². The lowest BCUT2D eigenvalue weighted by Gasteiger charge is -2.08. The molecule has 0 bridgehead atoms. The number of aromatic amines is 2. The topological polar surface area (TPSA) is 90.6 Å². The number of rotatable bonds is 2. The van der Waals surface area contributed by atoms with Crippen LogP contribution in [0.2, 0.25) is 5.02 Å². The fourth-order valence-corrected chi connectivity index (χ4v) is 2.52. The number of carbonyl (C=O) groups is 1. The van der Waals surface area contributed by atoms with Crippen molar-refractivity contribution in [1.82, 2.24) is 15.0 Å². The van der Waals surface area contributed by atoms with Crippen molar-refractivity contribution in [2.75, 3.05) is 5.32 Å². The smallest absolute Gasteiger partial charge is 0.321 e. The highest BCUT2D eigenvalue weighted by molar-refractivity contribution is 9.10. The fourth-order valence-electron chi connectivity index (χ4n) is 1.89. The monoisotopic (exact) mass is 366 g/mol. The number of H-pyrrole nitrogens is 2. The van der Waals surface area contributed by atoms with Crippen LogP contribution >= 0.6 is 27.5 Å². The minimum absolute atomic E-state index is 0.272. The number of aromatic nitrogens is 3. The number of hydrogen-bond acceptors (Lipinski definition) is 3. The first-order valence-electron chi connectivity index (χ1n) is 5.87. The van der Waals surface area contributed by atoms with E-state index in [1.807, 2.05) is 0 Å². The number of fused-ring (bicyclic) bond motifs is 1. The number of pyridine rings is 1. The van der Waals surface area contributed by atoms with Gasteiger partial charge < -0.3 is 15.3 Å². The van der Waals surface area contributed by atoms with Crippen LogP contribution in [-0.4, -0.2) is 20.9 Å². The molecule has 2 heterocycles. The maximum atomic E-state index is 12.2. The van der Waals surface area contributed by atoms with Crippen molar-refractivity contribution in [3.63, 3.8) is 0 Å². The Kier molecular flexibility index (Phi) is 3.52. The molecule has 0 aliphatic heterocycles. The van der Waals surface area contributed by atoms with Crippen molar-refractivity contribution < 1.29 is 4.79 Å². The third-order valence-corrected chi connectivity index (χ3v) is 3.85. The van der Waals surface area contributed by atoms with Crippen molar-refractivity contribution in [1.29, 1.82) is 0 Å². The highest BCUT2D eigenvalue weighted by Gasteiger charge is 2.13. The Morgan fingerprint density at radius 3 is 2.71 bits per heavy atom. The summed E-state index contributed by atoms with van der Waals surface area (Å²) in [5.74, 6) is -0.383. The Bertz CT molecular complexity index is 903. The van der Waals surface area contributed by atoms with E-state index in [-0.39, 0.29) is 17.2 Å². The second kappa shape index (κ2) is 5.34. The molecular weight excluding hydrogens is 360 g/mol. The summed E-state index contributed by atoms with van der Waals surface area (Å²) >= 11 is 9.31. The largest absolute Gasteiger partial charge is 0.323 e. The van der Waals surface area contributed by atoms with Gasteiger partial charge in [-0.2, -0.15) is 0 Å². The highest BCUT2D eigenvalue weighted by atomic mass is 79.9. The summed E-state index contributed by atoms with van der Waals surface area (Å²) in [5, 5.41) is 3.04. The number of benzene rings is 1. The van der Waals surface area contributed by atoms with Crippen molar-refractivity contribution in [2.24, 2.45) is 0 Å². The molecule has 3 aromatic rings. The molecule has 0 atom stereocenters. The van der Waals surface area contributed by atoms with Gasteiger partial charge in [0.2, 0.25) is 0 Å². The third kappa shape index (κ3) is 2.70. The lowest BCUT2D eigenvalue weighted by atomic mass is 10.2. The van der Waals surface area contributed by atoms with Gasteiger partial charge in [0.25, 0.3) is 5.91 Å². The van der Waals surface area contributed by atoms with E-state index in [1.54, 1.807) is 18.2 Å². The molecule has 0 fully saturated rings. The first-order valence-corrected chi connectivity index (χ1v) is 7.04. The van der Waals surface area contributed by atoms with Crippen molar-refractivity contribution in [3.8, 4) is 0 Å². The molecule has 0 saturated carbocycles. The second-order valence-electron chi connectivity index (χ2n) is 4.27. The molecule has 1 amide bonds. The van der Waals surface area contributed by atoms with E-state index in [4.69, 9.17) is 11.6 Å². The Morgan fingerprint density at radius 1 is 1.29 bits per heavy atom. The Hall–Kier alpha value is -2.12. The molecule has 8 heteroatoms. The summed E-state index contributed by atoms with van der Waals surface area (Å²) in [7, 11) is 0. The highest BCUT2D eigenvalue weighted by Crippen LogP contribution is 2.27. The average Bonchev–Trinajstić information content (AvgIpc) is 2.78. The maximum Gasteiger partial charge on any atom is 0.323 e. The molecule has 3 N–H and O–H groups in total. The molecule has 0 radical (unpaired) electrons. The SMILES string of the molecule is O=C(Nc1cc2[nH]c(=O)[nH]c2cc1Br)c1cnccc1Cl. The van der Waals surface area contributed by atoms with Crippen LogP contribution in [0.5, 0.6) is 0 Å². The first-order chi connectivity index (χ1) is 10.0. The van der Waals surface area contributed by atoms with Crippen molar-refractivity contribution >= 4 is 50.2 Å². The van der Waals surface area contributed by atoms with Crippen LogP contribution in [0.15, 0.2) is 39.9 Å². The van der Waals surface area contributed by atoms with E-state index in [0.29, 0.717) is 26.2 Å². The standard InChI is InChI=1S/C13H8BrClN4O2/c14-7-3-10-11(19-13(21)18-10)4-9(7)17-12(20)6-5-16-2-1-8(6)15/h1-5H,(H,17,20)(H2,18,19,21). The zero-order chi connectivity index (χ0) is 15.0. The van der Waals surface area contributed by atoms with Gasteiger partial charge in [0.15, 0.2) is 0 Å². The average molecular weight is 368 g/mol. The predicted molar refractivity (Wildman–Crippen MR) is 83.8 cm³/mol. The van der Waals surface area contributed by atoms with Crippen LogP contribution < -0.4 is 11.0 Å². The van der Waals surface area contributed by atoms with Crippen LogP contribution in [-0.2, 0) is 0 Å². The van der Waals surface area contributed by atoms with Gasteiger partial charge in [0, 0.05) is 16.9 Å². The number of nitrogens with one attached hydrogen (secondary N) is 3. The van der Waals surface area contributed by atoms with Crippen LogP contribution in [0, 0.1) is 0 Å². The van der Waals surface area contributed by atoms with E-state index in [9.17, 15) is 9.59 Å². The Labute approximate surface area is 131 Å². The van der Waals surface area contributed by atoms with Crippen molar-refractivity contribution in [3.05, 3.63) is 56.1 Å². The van der Waals surface area contributed by atoms with E-state index >= 15 is 0 Å². The number of amides is 1. The van der Waals surface area contributed by atoms with Crippen molar-refractivity contribution in [2.45, 2.75) is 0 Å².